The zero-order valence-corrected chi connectivity index (χ0v) is 8.10. The fourth-order valence-corrected chi connectivity index (χ4v) is 1.41. The fraction of sp³-hybridized carbons (Fsp3) is 0.222. The monoisotopic (exact) mass is 230 g/mol. The van der Waals surface area contributed by atoms with Crippen molar-refractivity contribution in [1.82, 2.24) is 9.97 Å². The Bertz CT molecular complexity index is 503. The van der Waals surface area contributed by atoms with Crippen LogP contribution in [-0.4, -0.2) is 22.7 Å². The van der Waals surface area contributed by atoms with Gasteiger partial charge in [-0.3, -0.25) is 0 Å². The van der Waals surface area contributed by atoms with E-state index in [1.165, 1.54) is 6.20 Å². The average molecular weight is 230 g/mol. The molecule has 4 N–H and O–H groups in total. The molecular formula is C9H9F3N4. The van der Waals surface area contributed by atoms with Crippen LogP contribution in [0, 0.1) is 0 Å². The molecule has 0 aromatic carbocycles. The Balaban J connectivity index is 2.31. The smallest absolute Gasteiger partial charge is 0.382 e. The number of hydrogen-bond acceptors (Lipinski definition) is 3. The van der Waals surface area contributed by atoms with Gasteiger partial charge in [0.1, 0.15) is 12.4 Å². The Labute approximate surface area is 88.7 Å². The van der Waals surface area contributed by atoms with Crippen molar-refractivity contribution < 1.29 is 13.2 Å². The van der Waals surface area contributed by atoms with E-state index in [9.17, 15) is 13.2 Å². The molecule has 0 aliphatic heterocycles. The molecule has 0 saturated carbocycles. The molecule has 0 aliphatic rings. The van der Waals surface area contributed by atoms with Crippen LogP contribution in [-0.2, 0) is 0 Å². The first kappa shape index (κ1) is 10.6. The number of nitrogen functional groups attached to an aromatic ring is 1. The SMILES string of the molecule is Nc1ncc(NCC(F)(F)F)c2cc[nH]c12. The Kier molecular flexibility index (Phi) is 2.37. The third kappa shape index (κ3) is 2.02. The van der Waals surface area contributed by atoms with E-state index in [-0.39, 0.29) is 5.82 Å². The summed E-state index contributed by atoms with van der Waals surface area (Å²) in [7, 11) is 0. The highest BCUT2D eigenvalue weighted by atomic mass is 19.4. The number of alkyl halides is 3. The third-order valence-corrected chi connectivity index (χ3v) is 2.11. The molecule has 0 fully saturated rings. The third-order valence-electron chi connectivity index (χ3n) is 2.11. The fourth-order valence-electron chi connectivity index (χ4n) is 1.41. The molecular weight excluding hydrogens is 221 g/mol. The van der Waals surface area contributed by atoms with Gasteiger partial charge >= 0.3 is 6.18 Å². The number of nitrogens with two attached hydrogens (primary N) is 1. The maximum absolute atomic E-state index is 12.0. The molecule has 86 valence electrons. The van der Waals surface area contributed by atoms with Gasteiger partial charge in [-0.2, -0.15) is 13.2 Å². The Morgan fingerprint density at radius 1 is 1.44 bits per heavy atom. The summed E-state index contributed by atoms with van der Waals surface area (Å²) in [6.45, 7) is -1.10. The van der Waals surface area contributed by atoms with E-state index < -0.39 is 12.7 Å². The van der Waals surface area contributed by atoms with Gasteiger partial charge < -0.3 is 16.0 Å². The maximum atomic E-state index is 12.0. The summed E-state index contributed by atoms with van der Waals surface area (Å²) in [5.41, 5.74) is 6.40. The summed E-state index contributed by atoms with van der Waals surface area (Å²) in [5.74, 6) is 0.262. The van der Waals surface area contributed by atoms with Crippen LogP contribution in [0.3, 0.4) is 0 Å². The second-order valence-electron chi connectivity index (χ2n) is 3.29. The molecule has 7 heteroatoms. The lowest BCUT2D eigenvalue weighted by Gasteiger charge is -2.10. The number of hydrogen-bond donors (Lipinski definition) is 3. The van der Waals surface area contributed by atoms with Gasteiger partial charge in [-0.15, -0.1) is 0 Å². The number of fused-ring (bicyclic) bond motifs is 1. The molecule has 0 amide bonds. The Morgan fingerprint density at radius 3 is 2.88 bits per heavy atom. The zero-order chi connectivity index (χ0) is 11.8. The Hall–Kier alpha value is -1.92. The van der Waals surface area contributed by atoms with E-state index in [2.05, 4.69) is 15.3 Å². The largest absolute Gasteiger partial charge is 0.405 e. The number of rotatable bonds is 2. The van der Waals surface area contributed by atoms with E-state index in [1.54, 1.807) is 12.3 Å². The van der Waals surface area contributed by atoms with Gasteiger partial charge in [-0.25, -0.2) is 4.98 Å². The van der Waals surface area contributed by atoms with Crippen molar-refractivity contribution in [2.45, 2.75) is 6.18 Å². The van der Waals surface area contributed by atoms with Crippen molar-refractivity contribution in [3.8, 4) is 0 Å². The van der Waals surface area contributed by atoms with Crippen molar-refractivity contribution in [3.63, 3.8) is 0 Å². The summed E-state index contributed by atoms with van der Waals surface area (Å²) in [4.78, 5) is 6.61. The summed E-state index contributed by atoms with van der Waals surface area (Å²) < 4.78 is 36.1. The highest BCUT2D eigenvalue weighted by Crippen LogP contribution is 2.26. The number of anilines is 2. The normalized spacial score (nSPS) is 11.9. The van der Waals surface area contributed by atoms with Crippen LogP contribution in [0.4, 0.5) is 24.7 Å². The highest BCUT2D eigenvalue weighted by Gasteiger charge is 2.27. The quantitative estimate of drug-likeness (QED) is 0.740. The van der Waals surface area contributed by atoms with Gasteiger partial charge in [0.05, 0.1) is 17.4 Å². The van der Waals surface area contributed by atoms with E-state index >= 15 is 0 Å². The van der Waals surface area contributed by atoms with Gasteiger partial charge in [0.25, 0.3) is 0 Å². The molecule has 0 spiro atoms. The van der Waals surface area contributed by atoms with E-state index in [1.807, 2.05) is 0 Å². The first-order chi connectivity index (χ1) is 7.47. The van der Waals surface area contributed by atoms with E-state index in [4.69, 9.17) is 5.73 Å². The van der Waals surface area contributed by atoms with Crippen LogP contribution in [0.1, 0.15) is 0 Å². The van der Waals surface area contributed by atoms with Crippen molar-refractivity contribution in [1.29, 1.82) is 0 Å². The first-order valence-electron chi connectivity index (χ1n) is 4.49. The van der Waals surface area contributed by atoms with Crippen LogP contribution < -0.4 is 11.1 Å². The summed E-state index contributed by atoms with van der Waals surface area (Å²) in [6, 6.07) is 1.64. The molecule has 2 heterocycles. The van der Waals surface area contributed by atoms with Crippen LogP contribution in [0.5, 0.6) is 0 Å². The van der Waals surface area contributed by atoms with Crippen molar-refractivity contribution >= 4 is 22.4 Å². The summed E-state index contributed by atoms with van der Waals surface area (Å²) >= 11 is 0. The lowest BCUT2D eigenvalue weighted by Crippen LogP contribution is -2.21. The molecule has 4 nitrogen and oxygen atoms in total. The van der Waals surface area contributed by atoms with Crippen molar-refractivity contribution in [2.24, 2.45) is 0 Å². The second-order valence-corrected chi connectivity index (χ2v) is 3.29. The molecule has 16 heavy (non-hydrogen) atoms. The van der Waals surface area contributed by atoms with Crippen LogP contribution in [0.2, 0.25) is 0 Å². The van der Waals surface area contributed by atoms with Gasteiger partial charge in [0.2, 0.25) is 0 Å². The van der Waals surface area contributed by atoms with Gasteiger partial charge in [0.15, 0.2) is 0 Å². The van der Waals surface area contributed by atoms with Crippen molar-refractivity contribution in [3.05, 3.63) is 18.5 Å². The number of nitrogens with one attached hydrogen (secondary N) is 2. The minimum Gasteiger partial charge on any atom is -0.382 e. The zero-order valence-electron chi connectivity index (χ0n) is 8.10. The molecule has 2 rings (SSSR count). The van der Waals surface area contributed by atoms with Crippen LogP contribution in [0.25, 0.3) is 10.9 Å². The number of pyridine rings is 1. The number of aromatic amines is 1. The van der Waals surface area contributed by atoms with Crippen LogP contribution >= 0.6 is 0 Å². The number of H-pyrrole nitrogens is 1. The van der Waals surface area contributed by atoms with E-state index in [0.717, 1.165) is 0 Å². The number of halogens is 3. The lowest BCUT2D eigenvalue weighted by atomic mass is 10.2. The lowest BCUT2D eigenvalue weighted by molar-refractivity contribution is -0.115. The predicted octanol–water partition coefficient (Wildman–Crippen LogP) is 2.12. The standard InChI is InChI=1S/C9H9F3N4/c10-9(11,12)4-16-6-3-15-8(13)7-5(6)1-2-14-7/h1-3,14,16H,4H2,(H2,13,15). The number of nitrogens with zero attached hydrogens (tertiary/aromatic N) is 1. The molecule has 0 saturated heterocycles. The molecule has 0 radical (unpaired) electrons. The molecule has 0 atom stereocenters. The number of aromatic nitrogens is 2. The van der Waals surface area contributed by atoms with Gasteiger partial charge in [-0.05, 0) is 6.07 Å². The predicted molar refractivity (Wildman–Crippen MR) is 55.1 cm³/mol. The van der Waals surface area contributed by atoms with Crippen molar-refractivity contribution in [2.75, 3.05) is 17.6 Å². The minimum absolute atomic E-state index is 0.262. The topological polar surface area (TPSA) is 66.7 Å². The molecule has 0 unspecified atom stereocenters. The summed E-state index contributed by atoms with van der Waals surface area (Å²) in [5, 5.41) is 2.87. The molecule has 0 bridgehead atoms. The Morgan fingerprint density at radius 2 is 2.19 bits per heavy atom. The van der Waals surface area contributed by atoms with E-state index in [0.29, 0.717) is 16.6 Å². The average Bonchev–Trinajstić information content (AvgIpc) is 2.65. The minimum atomic E-state index is -4.26. The maximum Gasteiger partial charge on any atom is 0.405 e. The molecule has 0 aliphatic carbocycles. The first-order valence-corrected chi connectivity index (χ1v) is 4.49. The molecule has 2 aromatic heterocycles. The van der Waals surface area contributed by atoms with Gasteiger partial charge in [-0.1, -0.05) is 0 Å². The van der Waals surface area contributed by atoms with Crippen LogP contribution in [0.15, 0.2) is 18.5 Å². The molecule has 2 aromatic rings. The highest BCUT2D eigenvalue weighted by molar-refractivity contribution is 5.97. The summed E-state index contributed by atoms with van der Waals surface area (Å²) in [6.07, 6.45) is -1.37. The second kappa shape index (κ2) is 3.58. The van der Waals surface area contributed by atoms with Gasteiger partial charge in [0, 0.05) is 11.6 Å².